The summed E-state index contributed by atoms with van der Waals surface area (Å²) in [5.74, 6) is -1.10. The Morgan fingerprint density at radius 1 is 1.38 bits per heavy atom. The second-order valence-electron chi connectivity index (χ2n) is 6.64. The molecule has 1 atom stereocenters. The summed E-state index contributed by atoms with van der Waals surface area (Å²) in [5.41, 5.74) is -1.13. The van der Waals surface area contributed by atoms with Gasteiger partial charge in [0, 0.05) is 12.0 Å². The molecule has 0 radical (unpaired) electrons. The van der Waals surface area contributed by atoms with E-state index in [1.807, 2.05) is 0 Å². The number of nitrogens with one attached hydrogen (secondary N) is 1. The van der Waals surface area contributed by atoms with E-state index in [-0.39, 0.29) is 19.6 Å². The third-order valence-electron chi connectivity index (χ3n) is 2.76. The second-order valence-corrected chi connectivity index (χ2v) is 6.64. The van der Waals surface area contributed by atoms with E-state index in [2.05, 4.69) is 5.32 Å². The summed E-state index contributed by atoms with van der Waals surface area (Å²) in [5, 5.41) is 2.45. The quantitative estimate of drug-likeness (QED) is 0.623. The summed E-state index contributed by atoms with van der Waals surface area (Å²) >= 11 is 0. The lowest BCUT2D eigenvalue weighted by molar-refractivity contribution is -0.162. The first-order valence-corrected chi connectivity index (χ1v) is 6.84. The minimum absolute atomic E-state index is 0.0426. The van der Waals surface area contributed by atoms with Gasteiger partial charge >= 0.3 is 18.0 Å². The molecule has 7 heteroatoms. The number of carbonyl (C=O) groups is 3. The predicted molar refractivity (Wildman–Crippen MR) is 73.5 cm³/mol. The summed E-state index contributed by atoms with van der Waals surface area (Å²) in [7, 11) is 0. The van der Waals surface area contributed by atoms with Crippen molar-refractivity contribution < 1.29 is 28.6 Å². The number of ether oxygens (including phenoxy) is 3. The van der Waals surface area contributed by atoms with Gasteiger partial charge in [0.2, 0.25) is 6.10 Å². The molecule has 1 aliphatic rings. The summed E-state index contributed by atoms with van der Waals surface area (Å²) < 4.78 is 15.0. The van der Waals surface area contributed by atoms with Gasteiger partial charge in [0.15, 0.2) is 0 Å². The molecule has 21 heavy (non-hydrogen) atoms. The highest BCUT2D eigenvalue weighted by molar-refractivity contribution is 5.82. The molecule has 0 spiro atoms. The van der Waals surface area contributed by atoms with Crippen LogP contribution in [-0.2, 0) is 23.8 Å². The monoisotopic (exact) mass is 301 g/mol. The van der Waals surface area contributed by atoms with Crippen molar-refractivity contribution in [2.45, 2.75) is 52.7 Å². The highest BCUT2D eigenvalue weighted by atomic mass is 16.6. The molecule has 0 bridgehead atoms. The Bertz CT molecular complexity index is 424. The molecule has 0 aromatic heterocycles. The van der Waals surface area contributed by atoms with E-state index in [0.717, 1.165) is 0 Å². The van der Waals surface area contributed by atoms with Crippen molar-refractivity contribution in [3.05, 3.63) is 0 Å². The van der Waals surface area contributed by atoms with Crippen LogP contribution < -0.4 is 5.32 Å². The third kappa shape index (κ3) is 5.61. The Hall–Kier alpha value is -1.79. The Labute approximate surface area is 124 Å². The van der Waals surface area contributed by atoms with Crippen molar-refractivity contribution in [1.82, 2.24) is 5.32 Å². The average Bonchev–Trinajstić information content (AvgIpc) is 2.53. The minimum Gasteiger partial charge on any atom is -0.462 e. The molecule has 1 rings (SSSR count). The predicted octanol–water partition coefficient (Wildman–Crippen LogP) is 1.40. The number of esters is 2. The van der Waals surface area contributed by atoms with Crippen LogP contribution in [0.3, 0.4) is 0 Å². The highest BCUT2D eigenvalue weighted by Crippen LogP contribution is 2.31. The molecule has 1 amide bonds. The Morgan fingerprint density at radius 3 is 2.48 bits per heavy atom. The maximum Gasteiger partial charge on any atom is 0.407 e. The third-order valence-corrected chi connectivity index (χ3v) is 2.76. The number of hydrogen-bond donors (Lipinski definition) is 1. The van der Waals surface area contributed by atoms with E-state index in [1.54, 1.807) is 34.6 Å². The number of hydrogen-bond acceptors (Lipinski definition) is 6. The topological polar surface area (TPSA) is 90.9 Å². The number of carbonyl (C=O) groups excluding carboxylic acids is 3. The van der Waals surface area contributed by atoms with Gasteiger partial charge in [-0.05, 0) is 20.8 Å². The van der Waals surface area contributed by atoms with E-state index in [9.17, 15) is 14.4 Å². The van der Waals surface area contributed by atoms with Crippen LogP contribution in [0.2, 0.25) is 0 Å². The van der Waals surface area contributed by atoms with Crippen molar-refractivity contribution in [3.8, 4) is 0 Å². The molecular weight excluding hydrogens is 278 g/mol. The molecular formula is C14H23NO6. The fraction of sp³-hybridized carbons (Fsp3) is 0.786. The Balaban J connectivity index is 2.32. The molecule has 120 valence electrons. The molecule has 1 saturated heterocycles. The molecule has 1 heterocycles. The maximum absolute atomic E-state index is 11.7. The van der Waals surface area contributed by atoms with Gasteiger partial charge in [-0.15, -0.1) is 0 Å². The number of rotatable bonds is 4. The molecule has 0 aliphatic carbocycles. The largest absolute Gasteiger partial charge is 0.462 e. The normalized spacial score (nSPS) is 20.6. The van der Waals surface area contributed by atoms with Gasteiger partial charge in [-0.3, -0.25) is 4.79 Å². The smallest absolute Gasteiger partial charge is 0.407 e. The van der Waals surface area contributed by atoms with Crippen LogP contribution in [0.25, 0.3) is 0 Å². The highest BCUT2D eigenvalue weighted by Gasteiger charge is 2.46. The van der Waals surface area contributed by atoms with Crippen LogP contribution in [0.4, 0.5) is 4.79 Å². The first-order valence-electron chi connectivity index (χ1n) is 6.84. The van der Waals surface area contributed by atoms with Crippen LogP contribution in [0, 0.1) is 5.41 Å². The lowest BCUT2D eigenvalue weighted by Crippen LogP contribution is -2.37. The average molecular weight is 301 g/mol. The summed E-state index contributed by atoms with van der Waals surface area (Å²) in [6, 6.07) is 0. The zero-order chi connectivity index (χ0) is 16.3. The minimum atomic E-state index is -0.897. The van der Waals surface area contributed by atoms with Crippen molar-refractivity contribution in [1.29, 1.82) is 0 Å². The number of alkyl carbamates (subject to hydrolysis) is 1. The summed E-state index contributed by atoms with van der Waals surface area (Å²) in [4.78, 5) is 34.5. The molecule has 0 unspecified atom stereocenters. The van der Waals surface area contributed by atoms with Gasteiger partial charge in [0.1, 0.15) is 12.2 Å². The lowest BCUT2D eigenvalue weighted by atomic mass is 9.90. The van der Waals surface area contributed by atoms with Crippen molar-refractivity contribution in [2.24, 2.45) is 5.41 Å². The van der Waals surface area contributed by atoms with E-state index < -0.39 is 35.2 Å². The second kappa shape index (κ2) is 6.32. The molecule has 0 aromatic carbocycles. The molecule has 7 nitrogen and oxygen atoms in total. The van der Waals surface area contributed by atoms with Crippen LogP contribution in [0.1, 0.15) is 41.0 Å². The standard InChI is InChI=1S/C14H23NO6/c1-13(2,3)21-12(18)15-7-6-9(16)20-10-11(17)19-8-14(10,4)5/h10H,6-8H2,1-5H3,(H,15,18)/t10-/m0/s1. The Morgan fingerprint density at radius 2 is 2.00 bits per heavy atom. The van der Waals surface area contributed by atoms with Gasteiger partial charge in [-0.2, -0.15) is 0 Å². The molecule has 0 saturated carbocycles. The van der Waals surface area contributed by atoms with E-state index >= 15 is 0 Å². The molecule has 1 fully saturated rings. The molecule has 1 aliphatic heterocycles. The Kier molecular flexibility index (Phi) is 5.20. The summed E-state index contributed by atoms with van der Waals surface area (Å²) in [6.45, 7) is 9.11. The number of amides is 1. The first kappa shape index (κ1) is 17.3. The van der Waals surface area contributed by atoms with Crippen LogP contribution in [-0.4, -0.2) is 42.9 Å². The van der Waals surface area contributed by atoms with Gasteiger partial charge in [0.25, 0.3) is 0 Å². The van der Waals surface area contributed by atoms with Crippen molar-refractivity contribution in [2.75, 3.05) is 13.2 Å². The van der Waals surface area contributed by atoms with Crippen LogP contribution in [0.15, 0.2) is 0 Å². The van der Waals surface area contributed by atoms with E-state index in [0.29, 0.717) is 0 Å². The van der Waals surface area contributed by atoms with Gasteiger partial charge in [-0.1, -0.05) is 13.8 Å². The molecule has 0 aromatic rings. The lowest BCUT2D eigenvalue weighted by Gasteiger charge is -2.22. The van der Waals surface area contributed by atoms with E-state index in [1.165, 1.54) is 0 Å². The van der Waals surface area contributed by atoms with Gasteiger partial charge < -0.3 is 19.5 Å². The van der Waals surface area contributed by atoms with Crippen LogP contribution in [0.5, 0.6) is 0 Å². The van der Waals surface area contributed by atoms with E-state index in [4.69, 9.17) is 14.2 Å². The first-order chi connectivity index (χ1) is 9.51. The van der Waals surface area contributed by atoms with Gasteiger partial charge in [0.05, 0.1) is 6.42 Å². The van der Waals surface area contributed by atoms with Gasteiger partial charge in [-0.25, -0.2) is 9.59 Å². The fourth-order valence-electron chi connectivity index (χ4n) is 1.71. The van der Waals surface area contributed by atoms with Crippen molar-refractivity contribution in [3.63, 3.8) is 0 Å². The summed E-state index contributed by atoms with van der Waals surface area (Å²) in [6.07, 6.45) is -1.54. The fourth-order valence-corrected chi connectivity index (χ4v) is 1.71. The zero-order valence-electron chi connectivity index (χ0n) is 13.1. The van der Waals surface area contributed by atoms with Crippen LogP contribution >= 0.6 is 0 Å². The zero-order valence-corrected chi connectivity index (χ0v) is 13.1. The SMILES string of the molecule is CC(C)(C)OC(=O)NCCC(=O)O[C@H]1C(=O)OCC1(C)C. The van der Waals surface area contributed by atoms with Crippen molar-refractivity contribution >= 4 is 18.0 Å². The number of cyclic esters (lactones) is 1. The molecule has 1 N–H and O–H groups in total. The maximum atomic E-state index is 11.7.